The van der Waals surface area contributed by atoms with E-state index >= 15 is 0 Å². The zero-order chi connectivity index (χ0) is 19.7. The first-order valence-electron chi connectivity index (χ1n) is 9.28. The fourth-order valence-corrected chi connectivity index (χ4v) is 3.68. The molecule has 0 saturated carbocycles. The van der Waals surface area contributed by atoms with Gasteiger partial charge in [0.1, 0.15) is 0 Å². The summed E-state index contributed by atoms with van der Waals surface area (Å²) in [6.45, 7) is 1.96. The molecule has 0 aliphatic rings. The minimum Gasteiger partial charge on any atom is -0.384 e. The number of nitrogens with one attached hydrogen (secondary N) is 1. The summed E-state index contributed by atoms with van der Waals surface area (Å²) in [5.41, 5.74) is 5.84. The van der Waals surface area contributed by atoms with Gasteiger partial charge in [-0.1, -0.05) is 53.5 Å². The third kappa shape index (κ3) is 3.81. The van der Waals surface area contributed by atoms with Crippen LogP contribution >= 0.6 is 23.2 Å². The lowest BCUT2D eigenvalue weighted by atomic mass is 10.1. The predicted molar refractivity (Wildman–Crippen MR) is 120 cm³/mol. The maximum Gasteiger partial charge on any atom is 0.0951 e. The molecule has 2 aromatic heterocycles. The molecule has 0 atom stereocenters. The summed E-state index contributed by atoms with van der Waals surface area (Å²) in [6, 6.07) is 16.1. The monoisotopic (exact) mass is 412 g/mol. The Morgan fingerprint density at radius 3 is 2.50 bits per heavy atom. The van der Waals surface area contributed by atoms with Crippen LogP contribution in [0.2, 0.25) is 10.0 Å². The molecule has 0 bridgehead atoms. The Morgan fingerprint density at radius 2 is 1.75 bits per heavy atom. The van der Waals surface area contributed by atoms with Crippen molar-refractivity contribution in [1.82, 2.24) is 14.3 Å². The van der Waals surface area contributed by atoms with E-state index in [1.54, 1.807) is 0 Å². The smallest absolute Gasteiger partial charge is 0.0951 e. The van der Waals surface area contributed by atoms with Crippen LogP contribution in [0.15, 0.2) is 54.7 Å². The van der Waals surface area contributed by atoms with Crippen LogP contribution in [0.25, 0.3) is 27.8 Å². The van der Waals surface area contributed by atoms with Crippen molar-refractivity contribution >= 4 is 45.4 Å². The number of benzene rings is 2. The van der Waals surface area contributed by atoms with Crippen molar-refractivity contribution in [3.8, 4) is 11.3 Å². The summed E-state index contributed by atoms with van der Waals surface area (Å²) in [7, 11) is 4.18. The molecule has 0 aliphatic heterocycles. The van der Waals surface area contributed by atoms with E-state index in [1.165, 1.54) is 0 Å². The average Bonchev–Trinajstić information content (AvgIpc) is 3.11. The van der Waals surface area contributed by atoms with Crippen molar-refractivity contribution in [1.29, 1.82) is 0 Å². The number of aromatic nitrogens is 2. The lowest BCUT2D eigenvalue weighted by molar-refractivity contribution is 0.405. The van der Waals surface area contributed by atoms with Gasteiger partial charge in [-0.2, -0.15) is 0 Å². The van der Waals surface area contributed by atoms with Crippen LogP contribution < -0.4 is 5.32 Å². The predicted octanol–water partition coefficient (Wildman–Crippen LogP) is 5.82. The fourth-order valence-electron chi connectivity index (χ4n) is 3.36. The minimum atomic E-state index is 0.509. The molecular formula is C22H22Cl2N4. The molecule has 0 spiro atoms. The van der Waals surface area contributed by atoms with E-state index in [9.17, 15) is 0 Å². The highest BCUT2D eigenvalue weighted by molar-refractivity contribution is 6.42. The van der Waals surface area contributed by atoms with E-state index < -0.39 is 0 Å². The Balaban J connectivity index is 1.83. The molecule has 4 rings (SSSR count). The summed E-state index contributed by atoms with van der Waals surface area (Å²) in [5.74, 6) is 0. The van der Waals surface area contributed by atoms with Gasteiger partial charge < -0.3 is 14.6 Å². The van der Waals surface area contributed by atoms with E-state index in [0.717, 1.165) is 53.0 Å². The maximum atomic E-state index is 6.29. The van der Waals surface area contributed by atoms with E-state index in [-0.39, 0.29) is 0 Å². The maximum absolute atomic E-state index is 6.29. The summed E-state index contributed by atoms with van der Waals surface area (Å²) >= 11 is 12.5. The second-order valence-corrected chi connectivity index (χ2v) is 7.96. The molecule has 2 aromatic carbocycles. The normalized spacial score (nSPS) is 11.6. The summed E-state index contributed by atoms with van der Waals surface area (Å²) in [5, 5.41) is 4.56. The Morgan fingerprint density at radius 1 is 1.00 bits per heavy atom. The van der Waals surface area contributed by atoms with Crippen molar-refractivity contribution in [2.75, 3.05) is 32.5 Å². The topological polar surface area (TPSA) is 32.6 Å². The van der Waals surface area contributed by atoms with Crippen LogP contribution in [0.4, 0.5) is 5.69 Å². The second-order valence-electron chi connectivity index (χ2n) is 7.15. The van der Waals surface area contributed by atoms with Crippen molar-refractivity contribution < 1.29 is 0 Å². The van der Waals surface area contributed by atoms with Crippen molar-refractivity contribution in [3.63, 3.8) is 0 Å². The number of anilines is 1. The van der Waals surface area contributed by atoms with Gasteiger partial charge >= 0.3 is 0 Å². The number of halogens is 2. The first kappa shape index (κ1) is 19.1. The SMILES string of the molecule is CN(C)CCCNc1cc2c(-c3ccccc3)nc3cc(Cl)c(Cl)cc3n2c1. The standard InChI is InChI=1S/C22H22Cl2N4/c1-27(2)10-6-9-25-16-11-21-22(15-7-4-3-5-8-15)26-19-12-17(23)18(24)13-20(19)28(21)14-16/h3-5,7-8,11-14,25H,6,9-10H2,1-2H3. The molecular weight excluding hydrogens is 391 g/mol. The molecule has 0 amide bonds. The van der Waals surface area contributed by atoms with E-state index in [1.807, 2.05) is 30.3 Å². The lowest BCUT2D eigenvalue weighted by Gasteiger charge is -2.09. The van der Waals surface area contributed by atoms with Crippen LogP contribution in [-0.2, 0) is 0 Å². The zero-order valence-corrected chi connectivity index (χ0v) is 17.4. The molecule has 1 N–H and O–H groups in total. The number of nitrogens with zero attached hydrogens (tertiary/aromatic N) is 3. The first-order chi connectivity index (χ1) is 13.5. The highest BCUT2D eigenvalue weighted by Gasteiger charge is 2.14. The van der Waals surface area contributed by atoms with Gasteiger partial charge in [-0.05, 0) is 45.3 Å². The van der Waals surface area contributed by atoms with Gasteiger partial charge in [0.05, 0.1) is 38.0 Å². The molecule has 144 valence electrons. The molecule has 6 heteroatoms. The second kappa shape index (κ2) is 8.00. The quantitative estimate of drug-likeness (QED) is 0.404. The van der Waals surface area contributed by atoms with Crippen LogP contribution in [0.5, 0.6) is 0 Å². The minimum absolute atomic E-state index is 0.509. The molecule has 2 heterocycles. The molecule has 0 unspecified atom stereocenters. The van der Waals surface area contributed by atoms with Crippen LogP contribution in [-0.4, -0.2) is 41.5 Å². The van der Waals surface area contributed by atoms with Gasteiger partial charge in [0.2, 0.25) is 0 Å². The third-order valence-corrected chi connectivity index (χ3v) is 5.45. The summed E-state index contributed by atoms with van der Waals surface area (Å²) in [6.07, 6.45) is 3.18. The average molecular weight is 413 g/mol. The number of hydrogen-bond acceptors (Lipinski definition) is 3. The van der Waals surface area contributed by atoms with Crippen LogP contribution in [0.3, 0.4) is 0 Å². The largest absolute Gasteiger partial charge is 0.384 e. The molecule has 4 aromatic rings. The molecule has 4 nitrogen and oxygen atoms in total. The molecule has 0 aliphatic carbocycles. The summed E-state index contributed by atoms with van der Waals surface area (Å²) in [4.78, 5) is 7.10. The Bertz CT molecular complexity index is 1120. The molecule has 0 fully saturated rings. The number of hydrogen-bond donors (Lipinski definition) is 1. The van der Waals surface area contributed by atoms with Gasteiger partial charge in [0, 0.05) is 18.3 Å². The van der Waals surface area contributed by atoms with Gasteiger partial charge in [-0.25, -0.2) is 4.98 Å². The molecule has 0 saturated heterocycles. The Kier molecular flexibility index (Phi) is 5.44. The third-order valence-electron chi connectivity index (χ3n) is 4.73. The van der Waals surface area contributed by atoms with E-state index in [2.05, 4.69) is 53.1 Å². The van der Waals surface area contributed by atoms with Crippen LogP contribution in [0.1, 0.15) is 6.42 Å². The molecule has 28 heavy (non-hydrogen) atoms. The Hall–Kier alpha value is -2.27. The van der Waals surface area contributed by atoms with Crippen LogP contribution in [0, 0.1) is 0 Å². The lowest BCUT2D eigenvalue weighted by Crippen LogP contribution is -2.16. The van der Waals surface area contributed by atoms with Crippen molar-refractivity contribution in [3.05, 3.63) is 64.8 Å². The number of fused-ring (bicyclic) bond motifs is 3. The first-order valence-corrected chi connectivity index (χ1v) is 10.0. The van der Waals surface area contributed by atoms with Gasteiger partial charge in [0.15, 0.2) is 0 Å². The molecule has 0 radical (unpaired) electrons. The summed E-state index contributed by atoms with van der Waals surface area (Å²) < 4.78 is 2.14. The van der Waals surface area contributed by atoms with Gasteiger partial charge in [-0.15, -0.1) is 0 Å². The van der Waals surface area contributed by atoms with Crippen molar-refractivity contribution in [2.24, 2.45) is 0 Å². The van der Waals surface area contributed by atoms with Gasteiger partial charge in [-0.3, -0.25) is 0 Å². The highest BCUT2D eigenvalue weighted by atomic mass is 35.5. The number of rotatable bonds is 6. The highest BCUT2D eigenvalue weighted by Crippen LogP contribution is 2.33. The van der Waals surface area contributed by atoms with E-state index in [0.29, 0.717) is 10.0 Å². The van der Waals surface area contributed by atoms with Crippen molar-refractivity contribution in [2.45, 2.75) is 6.42 Å². The fraction of sp³-hybridized carbons (Fsp3) is 0.227. The van der Waals surface area contributed by atoms with Gasteiger partial charge in [0.25, 0.3) is 0 Å². The zero-order valence-electron chi connectivity index (χ0n) is 15.9. The van der Waals surface area contributed by atoms with E-state index in [4.69, 9.17) is 28.2 Å². The Labute approximate surface area is 174 Å².